The molecular weight excluding hydrogens is 356 g/mol. The molecule has 3 atom stereocenters. The highest BCUT2D eigenvalue weighted by Gasteiger charge is 2.28. The number of nitrogens with zero attached hydrogens (tertiary/aromatic N) is 1. The highest BCUT2D eigenvalue weighted by atomic mass is 33.1. The first kappa shape index (κ1) is 22.3. The zero-order valence-corrected chi connectivity index (χ0v) is 17.1. The summed E-state index contributed by atoms with van der Waals surface area (Å²) < 4.78 is 0. The molecule has 5 N–H and O–H groups in total. The van der Waals surface area contributed by atoms with Crippen molar-refractivity contribution in [3.05, 3.63) is 0 Å². The average molecular weight is 389 g/mol. The zero-order valence-electron chi connectivity index (χ0n) is 15.5. The average Bonchev–Trinajstić information content (AvgIpc) is 2.53. The predicted molar refractivity (Wildman–Crippen MR) is 109 cm³/mol. The van der Waals surface area contributed by atoms with Crippen molar-refractivity contribution in [3.63, 3.8) is 0 Å². The molecule has 0 aliphatic carbocycles. The van der Waals surface area contributed by atoms with Crippen molar-refractivity contribution in [3.8, 4) is 0 Å². The molecule has 6 nitrogen and oxygen atoms in total. The third-order valence-corrected chi connectivity index (χ3v) is 6.78. The molecule has 0 amide bonds. The van der Waals surface area contributed by atoms with Gasteiger partial charge in [-0.1, -0.05) is 42.4 Å². The molecule has 1 rings (SSSR count). The molecule has 144 valence electrons. The lowest BCUT2D eigenvalue weighted by atomic mass is 9.94. The van der Waals surface area contributed by atoms with E-state index in [1.54, 1.807) is 21.6 Å². The molecule has 1 saturated heterocycles. The summed E-state index contributed by atoms with van der Waals surface area (Å²) in [6.45, 7) is 7.17. The van der Waals surface area contributed by atoms with Gasteiger partial charge in [0.25, 0.3) is 0 Å². The third-order valence-electron chi connectivity index (χ3n) is 4.12. The normalized spacial score (nSPS) is 25.6. The van der Waals surface area contributed by atoms with Gasteiger partial charge in [-0.3, -0.25) is 14.6 Å². The molecular formula is C17H32N4O2S2. The molecule has 0 radical (unpaired) electrons. The maximum atomic E-state index is 12.7. The van der Waals surface area contributed by atoms with Crippen LogP contribution in [0.15, 0.2) is 4.99 Å². The van der Waals surface area contributed by atoms with Crippen molar-refractivity contribution < 1.29 is 9.59 Å². The van der Waals surface area contributed by atoms with Gasteiger partial charge in [0, 0.05) is 42.9 Å². The second kappa shape index (κ2) is 11.8. The van der Waals surface area contributed by atoms with Crippen LogP contribution in [0.3, 0.4) is 0 Å². The van der Waals surface area contributed by atoms with Gasteiger partial charge in [-0.25, -0.2) is 0 Å². The van der Waals surface area contributed by atoms with Crippen LogP contribution in [0, 0.1) is 17.8 Å². The second-order valence-electron chi connectivity index (χ2n) is 7.04. The first-order chi connectivity index (χ1) is 11.8. The largest absolute Gasteiger partial charge is 0.370 e. The van der Waals surface area contributed by atoms with Crippen molar-refractivity contribution in [1.82, 2.24) is 5.32 Å². The molecule has 1 fully saturated rings. The monoisotopic (exact) mass is 388 g/mol. The Kier molecular flexibility index (Phi) is 10.5. The van der Waals surface area contributed by atoms with Crippen LogP contribution < -0.4 is 16.8 Å². The third kappa shape index (κ3) is 8.96. The van der Waals surface area contributed by atoms with Crippen molar-refractivity contribution >= 4 is 39.1 Å². The van der Waals surface area contributed by atoms with E-state index in [0.29, 0.717) is 31.8 Å². The smallest absolute Gasteiger partial charge is 0.185 e. The van der Waals surface area contributed by atoms with Crippen LogP contribution in [0.2, 0.25) is 0 Å². The van der Waals surface area contributed by atoms with E-state index < -0.39 is 0 Å². The van der Waals surface area contributed by atoms with Gasteiger partial charge >= 0.3 is 0 Å². The van der Waals surface area contributed by atoms with Gasteiger partial charge < -0.3 is 16.8 Å². The minimum Gasteiger partial charge on any atom is -0.370 e. The number of nitrogens with two attached hydrogens (primary N) is 2. The Balaban J connectivity index is 2.69. The number of Topliss-reactive ketones (excluding diaryl/α,β-unsaturated/α-hetero) is 2. The van der Waals surface area contributed by atoms with Crippen LogP contribution in [-0.4, -0.2) is 48.2 Å². The lowest BCUT2D eigenvalue weighted by Gasteiger charge is -2.26. The molecule has 0 aromatic heterocycles. The van der Waals surface area contributed by atoms with Crippen LogP contribution in [0.4, 0.5) is 0 Å². The molecule has 1 heterocycles. The van der Waals surface area contributed by atoms with E-state index in [4.69, 9.17) is 11.5 Å². The first-order valence-electron chi connectivity index (χ1n) is 8.90. The Hall–Kier alpha value is -0.730. The molecule has 25 heavy (non-hydrogen) atoms. The number of hydrogen-bond donors (Lipinski definition) is 3. The van der Waals surface area contributed by atoms with Gasteiger partial charge in [-0.2, -0.15) is 0 Å². The van der Waals surface area contributed by atoms with Crippen LogP contribution >= 0.6 is 21.6 Å². The van der Waals surface area contributed by atoms with Crippen LogP contribution in [0.5, 0.6) is 0 Å². The number of ketones is 2. The number of nitrogens with one attached hydrogen (secondary N) is 1. The van der Waals surface area contributed by atoms with Crippen molar-refractivity contribution in [2.24, 2.45) is 34.2 Å². The molecule has 0 aromatic carbocycles. The van der Waals surface area contributed by atoms with Crippen molar-refractivity contribution in [2.75, 3.05) is 24.6 Å². The molecule has 2 unspecified atom stereocenters. The van der Waals surface area contributed by atoms with E-state index in [1.165, 1.54) is 0 Å². The summed E-state index contributed by atoms with van der Waals surface area (Å²) in [5.74, 6) is 2.47. The molecule has 1 aliphatic heterocycles. The summed E-state index contributed by atoms with van der Waals surface area (Å²) in [4.78, 5) is 29.1. The van der Waals surface area contributed by atoms with E-state index in [9.17, 15) is 9.59 Å². The maximum absolute atomic E-state index is 12.7. The van der Waals surface area contributed by atoms with Gasteiger partial charge in [0.2, 0.25) is 0 Å². The summed E-state index contributed by atoms with van der Waals surface area (Å²) in [7, 11) is 3.40. The van der Waals surface area contributed by atoms with Crippen LogP contribution in [0.25, 0.3) is 0 Å². The summed E-state index contributed by atoms with van der Waals surface area (Å²) in [6, 6.07) is -0.234. The highest BCUT2D eigenvalue weighted by molar-refractivity contribution is 8.76. The van der Waals surface area contributed by atoms with Crippen molar-refractivity contribution in [1.29, 1.82) is 0 Å². The summed E-state index contributed by atoms with van der Waals surface area (Å²) in [5, 5.41) is 3.36. The maximum Gasteiger partial charge on any atom is 0.185 e. The van der Waals surface area contributed by atoms with Gasteiger partial charge in [0.1, 0.15) is 5.78 Å². The molecule has 0 spiro atoms. The zero-order chi connectivity index (χ0) is 18.8. The number of rotatable bonds is 7. The number of hydrogen-bond acceptors (Lipinski definition) is 6. The fraction of sp³-hybridized carbons (Fsp3) is 0.824. The van der Waals surface area contributed by atoms with Gasteiger partial charge in [-0.15, -0.1) is 0 Å². The Morgan fingerprint density at radius 1 is 1.32 bits per heavy atom. The Bertz CT molecular complexity index is 468. The van der Waals surface area contributed by atoms with E-state index in [2.05, 4.69) is 24.2 Å². The Morgan fingerprint density at radius 2 is 2.00 bits per heavy atom. The molecule has 0 saturated carbocycles. The standard InChI is InChI=1S/C17H32N4O2S2/c1-11(2)7-15(22)13-8-21-14(5-4-6-20-17(18)19)16(23)12(3)9-24-25-10-13/h11-14,21H,4-10H2,1-3H3,(H4,18,19,20)/t12?,13?,14-/m0/s1. The minimum atomic E-state index is -0.234. The predicted octanol–water partition coefficient (Wildman–Crippen LogP) is 1.83. The van der Waals surface area contributed by atoms with Gasteiger partial charge in [0.15, 0.2) is 11.7 Å². The van der Waals surface area contributed by atoms with Crippen molar-refractivity contribution in [2.45, 2.75) is 46.1 Å². The van der Waals surface area contributed by atoms with Crippen LogP contribution in [0.1, 0.15) is 40.0 Å². The number of carbonyl (C=O) groups is 2. The molecule has 0 aromatic rings. The number of guanidine groups is 1. The summed E-state index contributed by atoms with van der Waals surface area (Å²) in [6.07, 6.45) is 2.01. The topological polar surface area (TPSA) is 111 Å². The summed E-state index contributed by atoms with van der Waals surface area (Å²) in [5.41, 5.74) is 10.7. The molecule has 0 bridgehead atoms. The molecule has 1 aliphatic rings. The van der Waals surface area contributed by atoms with E-state index in [1.807, 2.05) is 6.92 Å². The fourth-order valence-corrected chi connectivity index (χ4v) is 5.39. The van der Waals surface area contributed by atoms with E-state index in [-0.39, 0.29) is 35.4 Å². The second-order valence-corrected chi connectivity index (χ2v) is 9.60. The van der Waals surface area contributed by atoms with Crippen LogP contribution in [-0.2, 0) is 9.59 Å². The number of carbonyl (C=O) groups excluding carboxylic acids is 2. The van der Waals surface area contributed by atoms with Gasteiger partial charge in [-0.05, 0) is 18.8 Å². The Morgan fingerprint density at radius 3 is 2.64 bits per heavy atom. The minimum absolute atomic E-state index is 0.000921. The quantitative estimate of drug-likeness (QED) is 0.264. The van der Waals surface area contributed by atoms with Gasteiger partial charge in [0.05, 0.1) is 6.04 Å². The summed E-state index contributed by atoms with van der Waals surface area (Å²) >= 11 is 0. The van der Waals surface area contributed by atoms with E-state index >= 15 is 0 Å². The molecule has 8 heteroatoms. The first-order valence-corrected chi connectivity index (χ1v) is 11.4. The lowest BCUT2D eigenvalue weighted by Crippen LogP contribution is -2.44. The lowest BCUT2D eigenvalue weighted by molar-refractivity contribution is -0.125. The number of aliphatic imine (C=N–C) groups is 1. The SMILES string of the molecule is CC(C)CC(=O)C1CN[C@@H](CCCN=C(N)N)C(=O)C(C)CSSC1. The fourth-order valence-electron chi connectivity index (χ4n) is 2.67. The Labute approximate surface area is 159 Å². The highest BCUT2D eigenvalue weighted by Crippen LogP contribution is 2.29. The van der Waals surface area contributed by atoms with E-state index in [0.717, 1.165) is 17.9 Å².